The van der Waals surface area contributed by atoms with Crippen LogP contribution >= 0.6 is 0 Å². The molecule has 0 aliphatic rings. The van der Waals surface area contributed by atoms with Crippen molar-refractivity contribution in [1.29, 1.82) is 5.26 Å². The summed E-state index contributed by atoms with van der Waals surface area (Å²) in [5.74, 6) is 0.715. The van der Waals surface area contributed by atoms with E-state index < -0.39 is 0 Å². The lowest BCUT2D eigenvalue weighted by Gasteiger charge is -2.11. The minimum absolute atomic E-state index is 0.149. The van der Waals surface area contributed by atoms with Crippen LogP contribution < -0.4 is 5.32 Å². The monoisotopic (exact) mass is 227 g/mol. The maximum Gasteiger partial charge on any atom is 0.148 e. The summed E-state index contributed by atoms with van der Waals surface area (Å²) in [4.78, 5) is 3.99. The Balaban J connectivity index is 2.13. The maximum atomic E-state index is 8.47. The number of aromatic nitrogens is 3. The van der Waals surface area contributed by atoms with E-state index in [0.29, 0.717) is 5.82 Å². The highest BCUT2D eigenvalue weighted by Crippen LogP contribution is 2.17. The van der Waals surface area contributed by atoms with Gasteiger partial charge in [0.15, 0.2) is 0 Å². The van der Waals surface area contributed by atoms with Gasteiger partial charge in [-0.15, -0.1) is 0 Å². The molecule has 0 amide bonds. The van der Waals surface area contributed by atoms with E-state index in [1.54, 1.807) is 12.4 Å². The van der Waals surface area contributed by atoms with Gasteiger partial charge in [0.05, 0.1) is 12.1 Å². The van der Waals surface area contributed by atoms with Gasteiger partial charge in [-0.05, 0) is 24.6 Å². The molecule has 1 N–H and O–H groups in total. The summed E-state index contributed by atoms with van der Waals surface area (Å²) in [5, 5.41) is 15.7. The van der Waals surface area contributed by atoms with Crippen LogP contribution in [0.1, 0.15) is 18.5 Å². The van der Waals surface area contributed by atoms with Crippen molar-refractivity contribution >= 4 is 5.82 Å². The van der Waals surface area contributed by atoms with E-state index >= 15 is 0 Å². The number of hydrogen-bond donors (Lipinski definition) is 1. The average molecular weight is 227 g/mol. The number of anilines is 1. The van der Waals surface area contributed by atoms with Crippen molar-refractivity contribution < 1.29 is 0 Å². The highest BCUT2D eigenvalue weighted by molar-refractivity contribution is 5.33. The molecule has 2 aromatic rings. The second-order valence-electron chi connectivity index (χ2n) is 3.65. The number of pyridine rings is 1. The fourth-order valence-electron chi connectivity index (χ4n) is 1.57. The minimum Gasteiger partial charge on any atom is -0.356 e. The summed E-state index contributed by atoms with van der Waals surface area (Å²) < 4.78 is 1.86. The summed E-state index contributed by atoms with van der Waals surface area (Å²) in [6, 6.07) is 7.96. The van der Waals surface area contributed by atoms with Gasteiger partial charge in [0, 0.05) is 24.7 Å². The number of nitrogens with one attached hydrogen (secondary N) is 1. The van der Waals surface area contributed by atoms with E-state index in [1.165, 1.54) is 0 Å². The van der Waals surface area contributed by atoms with Gasteiger partial charge < -0.3 is 5.32 Å². The number of nitriles is 1. The number of rotatable bonds is 4. The zero-order valence-electron chi connectivity index (χ0n) is 9.54. The van der Waals surface area contributed by atoms with Crippen LogP contribution in [0.2, 0.25) is 0 Å². The zero-order valence-corrected chi connectivity index (χ0v) is 9.54. The van der Waals surface area contributed by atoms with Crippen molar-refractivity contribution in [2.24, 2.45) is 0 Å². The molecule has 2 heterocycles. The first-order chi connectivity index (χ1) is 8.31. The Hall–Kier alpha value is -2.35. The third kappa shape index (κ3) is 2.61. The van der Waals surface area contributed by atoms with E-state index in [0.717, 1.165) is 5.56 Å². The average Bonchev–Trinajstić information content (AvgIpc) is 2.85. The molecule has 0 aromatic carbocycles. The van der Waals surface area contributed by atoms with Gasteiger partial charge in [-0.25, -0.2) is 0 Å². The first-order valence-corrected chi connectivity index (χ1v) is 5.37. The first kappa shape index (κ1) is 11.1. The Labute approximate surface area is 99.7 Å². The van der Waals surface area contributed by atoms with E-state index in [1.807, 2.05) is 35.1 Å². The molecular weight excluding hydrogens is 214 g/mol. The molecule has 1 atom stereocenters. The standard InChI is InChI=1S/C12H13N5/c1-10(11-2-6-14-7-3-11)17-9-4-12(16-17)15-8-5-13/h2-4,6-7,9-10H,8H2,1H3,(H,15,16)/t10-/m0/s1. The normalized spacial score (nSPS) is 11.8. The smallest absolute Gasteiger partial charge is 0.148 e. The van der Waals surface area contributed by atoms with Crippen LogP contribution in [0.5, 0.6) is 0 Å². The third-order valence-corrected chi connectivity index (χ3v) is 2.54. The van der Waals surface area contributed by atoms with Crippen LogP contribution in [-0.2, 0) is 0 Å². The first-order valence-electron chi connectivity index (χ1n) is 5.37. The summed E-state index contributed by atoms with van der Waals surface area (Å²) in [6.45, 7) is 2.33. The molecule has 0 unspecified atom stereocenters. The van der Waals surface area contributed by atoms with Crippen molar-refractivity contribution in [3.63, 3.8) is 0 Å². The fourth-order valence-corrected chi connectivity index (χ4v) is 1.57. The molecule has 0 spiro atoms. The Morgan fingerprint density at radius 2 is 2.18 bits per heavy atom. The van der Waals surface area contributed by atoms with Crippen LogP contribution in [0.15, 0.2) is 36.8 Å². The van der Waals surface area contributed by atoms with Gasteiger partial charge in [-0.2, -0.15) is 10.4 Å². The van der Waals surface area contributed by atoms with Crippen molar-refractivity contribution in [2.75, 3.05) is 11.9 Å². The second kappa shape index (κ2) is 5.12. The molecule has 0 bridgehead atoms. The summed E-state index contributed by atoms with van der Waals surface area (Å²) in [6.07, 6.45) is 5.43. The Morgan fingerprint density at radius 3 is 2.88 bits per heavy atom. The Kier molecular flexibility index (Phi) is 3.36. The van der Waals surface area contributed by atoms with Crippen molar-refractivity contribution in [3.05, 3.63) is 42.4 Å². The molecular formula is C12H13N5. The molecule has 5 heteroatoms. The molecule has 5 nitrogen and oxygen atoms in total. The molecule has 0 radical (unpaired) electrons. The van der Waals surface area contributed by atoms with E-state index in [9.17, 15) is 0 Å². The van der Waals surface area contributed by atoms with Crippen LogP contribution in [0, 0.1) is 11.3 Å². The molecule has 2 rings (SSSR count). The highest BCUT2D eigenvalue weighted by atomic mass is 15.3. The number of nitrogens with zero attached hydrogens (tertiary/aromatic N) is 4. The van der Waals surface area contributed by atoms with Crippen LogP contribution in [0.25, 0.3) is 0 Å². The summed E-state index contributed by atoms with van der Waals surface area (Å²) in [5.41, 5.74) is 1.15. The van der Waals surface area contributed by atoms with Gasteiger partial charge in [0.2, 0.25) is 0 Å². The van der Waals surface area contributed by atoms with E-state index in [2.05, 4.69) is 22.3 Å². The topological polar surface area (TPSA) is 66.5 Å². The lowest BCUT2D eigenvalue weighted by Crippen LogP contribution is -2.08. The van der Waals surface area contributed by atoms with E-state index in [-0.39, 0.29) is 12.6 Å². The summed E-state index contributed by atoms with van der Waals surface area (Å²) in [7, 11) is 0. The van der Waals surface area contributed by atoms with Gasteiger partial charge in [-0.1, -0.05) is 0 Å². The van der Waals surface area contributed by atoms with Crippen molar-refractivity contribution in [1.82, 2.24) is 14.8 Å². The molecule has 86 valence electrons. The minimum atomic E-state index is 0.149. The Morgan fingerprint density at radius 1 is 1.41 bits per heavy atom. The molecule has 0 aliphatic heterocycles. The summed E-state index contributed by atoms with van der Waals surface area (Å²) >= 11 is 0. The van der Waals surface area contributed by atoms with Crippen molar-refractivity contribution in [2.45, 2.75) is 13.0 Å². The van der Waals surface area contributed by atoms with Gasteiger partial charge >= 0.3 is 0 Å². The molecule has 0 fully saturated rings. The lowest BCUT2D eigenvalue weighted by atomic mass is 10.1. The Bertz CT molecular complexity index is 511. The second-order valence-corrected chi connectivity index (χ2v) is 3.65. The van der Waals surface area contributed by atoms with Crippen molar-refractivity contribution in [3.8, 4) is 6.07 Å². The number of hydrogen-bond acceptors (Lipinski definition) is 4. The lowest BCUT2D eigenvalue weighted by molar-refractivity contribution is 0.565. The maximum absolute atomic E-state index is 8.47. The largest absolute Gasteiger partial charge is 0.356 e. The van der Waals surface area contributed by atoms with Gasteiger partial charge in [0.25, 0.3) is 0 Å². The molecule has 0 aliphatic carbocycles. The predicted molar refractivity (Wildman–Crippen MR) is 64.4 cm³/mol. The fraction of sp³-hybridized carbons (Fsp3) is 0.250. The van der Waals surface area contributed by atoms with Gasteiger partial charge in [0.1, 0.15) is 12.4 Å². The molecule has 2 aromatic heterocycles. The zero-order chi connectivity index (χ0) is 12.1. The predicted octanol–water partition coefficient (Wildman–Crippen LogP) is 1.82. The van der Waals surface area contributed by atoms with Crippen LogP contribution in [-0.4, -0.2) is 21.3 Å². The molecule has 0 saturated carbocycles. The highest BCUT2D eigenvalue weighted by Gasteiger charge is 2.08. The van der Waals surface area contributed by atoms with E-state index in [4.69, 9.17) is 5.26 Å². The SMILES string of the molecule is C[C@@H](c1ccncc1)n1ccc(NCC#N)n1. The van der Waals surface area contributed by atoms with Crippen LogP contribution in [0.3, 0.4) is 0 Å². The van der Waals surface area contributed by atoms with Gasteiger partial charge in [-0.3, -0.25) is 9.67 Å². The quantitative estimate of drug-likeness (QED) is 0.809. The van der Waals surface area contributed by atoms with Crippen LogP contribution in [0.4, 0.5) is 5.82 Å². The molecule has 0 saturated heterocycles. The third-order valence-electron chi connectivity index (χ3n) is 2.54. The molecule has 17 heavy (non-hydrogen) atoms.